The average Bonchev–Trinajstić information content (AvgIpc) is 2.59. The van der Waals surface area contributed by atoms with Crippen molar-refractivity contribution in [1.29, 1.82) is 0 Å². The Morgan fingerprint density at radius 1 is 1.56 bits per heavy atom. The van der Waals surface area contributed by atoms with E-state index in [1.807, 2.05) is 0 Å². The molecule has 1 aromatic rings. The first-order valence-electron chi connectivity index (χ1n) is 5.31. The predicted molar refractivity (Wildman–Crippen MR) is 61.3 cm³/mol. The molecule has 6 nitrogen and oxygen atoms in total. The maximum Gasteiger partial charge on any atom is 0.389 e. The van der Waals surface area contributed by atoms with Gasteiger partial charge in [-0.1, -0.05) is 0 Å². The predicted octanol–water partition coefficient (Wildman–Crippen LogP) is 1.57. The Morgan fingerprint density at radius 3 is 2.75 bits per heavy atom. The van der Waals surface area contributed by atoms with E-state index in [0.29, 0.717) is 6.54 Å². The Kier molecular flexibility index (Phi) is 4.00. The summed E-state index contributed by atoms with van der Waals surface area (Å²) in [6.45, 7) is 7.87. The number of rotatable bonds is 5. The van der Waals surface area contributed by atoms with E-state index in [-0.39, 0.29) is 11.4 Å². The lowest BCUT2D eigenvalue weighted by Gasteiger charge is -2.20. The number of nitrogens with zero attached hydrogens (tertiary/aromatic N) is 3. The van der Waals surface area contributed by atoms with Crippen molar-refractivity contribution in [2.24, 2.45) is 0 Å². The smallest absolute Gasteiger partial charge is 0.358 e. The minimum atomic E-state index is -0.482. The molecule has 0 bridgehead atoms. The lowest BCUT2D eigenvalue weighted by Crippen LogP contribution is -2.36. The Hall–Kier alpha value is -1.43. The van der Waals surface area contributed by atoms with Crippen LogP contribution in [-0.4, -0.2) is 26.8 Å². The van der Waals surface area contributed by atoms with Gasteiger partial charge in [0.05, 0.1) is 23.9 Å². The minimum Gasteiger partial charge on any atom is -0.358 e. The topological polar surface area (TPSA) is 73.0 Å². The third-order valence-corrected chi connectivity index (χ3v) is 2.03. The molecular formula is C10H18N4O2. The number of aryl methyl sites for hydroxylation is 1. The number of hydrogen-bond acceptors (Lipinski definition) is 4. The average molecular weight is 226 g/mol. The van der Waals surface area contributed by atoms with E-state index < -0.39 is 4.92 Å². The van der Waals surface area contributed by atoms with Crippen LogP contribution in [0.2, 0.25) is 0 Å². The largest absolute Gasteiger partial charge is 0.389 e. The van der Waals surface area contributed by atoms with Gasteiger partial charge < -0.3 is 15.4 Å². The molecule has 90 valence electrons. The second kappa shape index (κ2) is 5.07. The van der Waals surface area contributed by atoms with Crippen LogP contribution in [0.1, 0.15) is 27.2 Å². The van der Waals surface area contributed by atoms with Crippen LogP contribution in [0.5, 0.6) is 0 Å². The summed E-state index contributed by atoms with van der Waals surface area (Å²) in [6, 6.07) is 1.41. The van der Waals surface area contributed by atoms with Gasteiger partial charge in [0.1, 0.15) is 0 Å². The summed E-state index contributed by atoms with van der Waals surface area (Å²) in [5.74, 6) is -0.0937. The van der Waals surface area contributed by atoms with E-state index in [4.69, 9.17) is 0 Å². The zero-order chi connectivity index (χ0) is 12.2. The molecule has 0 amide bonds. The molecule has 0 fully saturated rings. The van der Waals surface area contributed by atoms with Crippen molar-refractivity contribution < 1.29 is 4.92 Å². The van der Waals surface area contributed by atoms with Crippen molar-refractivity contribution in [3.8, 4) is 0 Å². The van der Waals surface area contributed by atoms with Crippen LogP contribution in [0.15, 0.2) is 12.3 Å². The Labute approximate surface area is 94.8 Å². The van der Waals surface area contributed by atoms with Gasteiger partial charge in [-0.2, -0.15) is 4.68 Å². The highest BCUT2D eigenvalue weighted by Crippen LogP contribution is 2.05. The maximum absolute atomic E-state index is 10.4. The van der Waals surface area contributed by atoms with Gasteiger partial charge in [-0.3, -0.25) is 0 Å². The summed E-state index contributed by atoms with van der Waals surface area (Å²) in [6.07, 6.45) is 2.53. The van der Waals surface area contributed by atoms with Gasteiger partial charge in [-0.05, 0) is 38.7 Å². The normalized spacial score (nSPS) is 11.7. The van der Waals surface area contributed by atoms with Crippen molar-refractivity contribution in [1.82, 2.24) is 15.1 Å². The van der Waals surface area contributed by atoms with E-state index in [1.165, 1.54) is 6.07 Å². The zero-order valence-corrected chi connectivity index (χ0v) is 9.93. The van der Waals surface area contributed by atoms with Gasteiger partial charge in [0.25, 0.3) is 0 Å². The van der Waals surface area contributed by atoms with E-state index in [0.717, 1.165) is 13.0 Å². The van der Waals surface area contributed by atoms with Crippen LogP contribution in [0.4, 0.5) is 5.82 Å². The summed E-state index contributed by atoms with van der Waals surface area (Å²) in [7, 11) is 0. The van der Waals surface area contributed by atoms with Crippen LogP contribution in [0.25, 0.3) is 0 Å². The fourth-order valence-electron chi connectivity index (χ4n) is 1.28. The first kappa shape index (κ1) is 12.6. The Morgan fingerprint density at radius 2 is 2.25 bits per heavy atom. The molecule has 16 heavy (non-hydrogen) atoms. The molecule has 0 aliphatic carbocycles. The summed E-state index contributed by atoms with van der Waals surface area (Å²) in [5.41, 5.74) is 0.107. The summed E-state index contributed by atoms with van der Waals surface area (Å²) < 4.78 is 1.60. The summed E-state index contributed by atoms with van der Waals surface area (Å²) >= 11 is 0. The molecule has 0 aromatic carbocycles. The van der Waals surface area contributed by atoms with E-state index in [2.05, 4.69) is 31.2 Å². The highest BCUT2D eigenvalue weighted by molar-refractivity contribution is 5.13. The van der Waals surface area contributed by atoms with Crippen molar-refractivity contribution in [2.45, 2.75) is 39.3 Å². The first-order valence-corrected chi connectivity index (χ1v) is 5.31. The number of aromatic nitrogens is 2. The standard InChI is InChI=1S/C10H18N4O2/c1-10(2,3)11-6-4-7-13-8-5-9(12-13)14(15)16/h5,8,11H,4,6-7H2,1-3H3. The molecule has 0 spiro atoms. The lowest BCUT2D eigenvalue weighted by molar-refractivity contribution is -0.389. The highest BCUT2D eigenvalue weighted by atomic mass is 16.6. The molecule has 0 radical (unpaired) electrons. The van der Waals surface area contributed by atoms with Gasteiger partial charge in [-0.15, -0.1) is 0 Å². The SMILES string of the molecule is CC(C)(C)NCCCn1ccc([N+](=O)[O-])n1. The number of hydrogen-bond donors (Lipinski definition) is 1. The van der Waals surface area contributed by atoms with Crippen molar-refractivity contribution in [2.75, 3.05) is 6.54 Å². The van der Waals surface area contributed by atoms with Gasteiger partial charge in [0.2, 0.25) is 0 Å². The van der Waals surface area contributed by atoms with Gasteiger partial charge >= 0.3 is 5.82 Å². The lowest BCUT2D eigenvalue weighted by atomic mass is 10.1. The monoisotopic (exact) mass is 226 g/mol. The molecule has 0 saturated heterocycles. The van der Waals surface area contributed by atoms with Crippen LogP contribution in [-0.2, 0) is 6.54 Å². The Bertz CT molecular complexity index is 354. The fourth-order valence-corrected chi connectivity index (χ4v) is 1.28. The molecule has 0 saturated carbocycles. The van der Waals surface area contributed by atoms with Crippen molar-refractivity contribution >= 4 is 5.82 Å². The molecule has 0 aliphatic heterocycles. The van der Waals surface area contributed by atoms with Crippen molar-refractivity contribution in [3.63, 3.8) is 0 Å². The first-order chi connectivity index (χ1) is 7.38. The van der Waals surface area contributed by atoms with Crippen LogP contribution < -0.4 is 5.32 Å². The van der Waals surface area contributed by atoms with Gasteiger partial charge in [0, 0.05) is 5.54 Å². The third kappa shape index (κ3) is 4.39. The summed E-state index contributed by atoms with van der Waals surface area (Å²) in [5, 5.41) is 17.6. The van der Waals surface area contributed by atoms with Gasteiger partial charge in [0.15, 0.2) is 0 Å². The fraction of sp³-hybridized carbons (Fsp3) is 0.700. The molecule has 6 heteroatoms. The van der Waals surface area contributed by atoms with E-state index in [1.54, 1.807) is 10.9 Å². The number of nitro groups is 1. The van der Waals surface area contributed by atoms with E-state index in [9.17, 15) is 10.1 Å². The van der Waals surface area contributed by atoms with Crippen LogP contribution in [0.3, 0.4) is 0 Å². The molecule has 1 rings (SSSR count). The molecule has 1 N–H and O–H groups in total. The third-order valence-electron chi connectivity index (χ3n) is 2.03. The molecule has 0 atom stereocenters. The molecule has 0 unspecified atom stereocenters. The van der Waals surface area contributed by atoms with Crippen LogP contribution in [0, 0.1) is 10.1 Å². The molecule has 0 aliphatic rings. The molecular weight excluding hydrogens is 208 g/mol. The van der Waals surface area contributed by atoms with Crippen molar-refractivity contribution in [3.05, 3.63) is 22.4 Å². The second-order valence-electron chi connectivity index (χ2n) is 4.72. The highest BCUT2D eigenvalue weighted by Gasteiger charge is 2.11. The molecule has 1 aromatic heterocycles. The van der Waals surface area contributed by atoms with Crippen LogP contribution >= 0.6 is 0 Å². The maximum atomic E-state index is 10.4. The zero-order valence-electron chi connectivity index (χ0n) is 9.93. The van der Waals surface area contributed by atoms with E-state index >= 15 is 0 Å². The minimum absolute atomic E-state index is 0.0937. The Balaban J connectivity index is 2.30. The second-order valence-corrected chi connectivity index (χ2v) is 4.72. The quantitative estimate of drug-likeness (QED) is 0.470. The van der Waals surface area contributed by atoms with Gasteiger partial charge in [-0.25, -0.2) is 0 Å². The number of nitrogens with one attached hydrogen (secondary N) is 1. The molecule has 1 heterocycles. The summed E-state index contributed by atoms with van der Waals surface area (Å²) in [4.78, 5) is 9.91.